The lowest BCUT2D eigenvalue weighted by Crippen LogP contribution is -2.65. The first-order valence-corrected chi connectivity index (χ1v) is 15.9. The van der Waals surface area contributed by atoms with Crippen molar-refractivity contribution in [3.63, 3.8) is 0 Å². The van der Waals surface area contributed by atoms with Crippen LogP contribution >= 0.6 is 0 Å². The molecule has 6 heterocycles. The molecule has 0 bridgehead atoms. The number of rotatable bonds is 3. The molecule has 0 amide bonds. The standard InChI is InChI=1S/C30H46O11/c1-27(2)31-16-18(36-27)19-21(23-26(34-19)41-28(3,4)37-23)35-25-24-22(39-30(40-24)13-9-6-10-14-30)20-17(33-25)15-32-29(38-20)11-7-5-8-12-29/h17-26H,5-16H2,1-4H3. The minimum Gasteiger partial charge on any atom is -0.348 e. The van der Waals surface area contributed by atoms with E-state index < -0.39 is 60.1 Å². The van der Waals surface area contributed by atoms with E-state index in [2.05, 4.69) is 0 Å². The third-order valence-corrected chi connectivity index (χ3v) is 10.1. The van der Waals surface area contributed by atoms with Gasteiger partial charge in [0.2, 0.25) is 0 Å². The molecule has 11 heteroatoms. The highest BCUT2D eigenvalue weighted by Gasteiger charge is 2.65. The first kappa shape index (κ1) is 28.1. The van der Waals surface area contributed by atoms with Crippen molar-refractivity contribution >= 4 is 0 Å². The first-order chi connectivity index (χ1) is 19.6. The summed E-state index contributed by atoms with van der Waals surface area (Å²) in [6.07, 6.45) is 5.75. The molecule has 10 atom stereocenters. The molecule has 8 fully saturated rings. The van der Waals surface area contributed by atoms with Crippen LogP contribution in [0, 0.1) is 0 Å². The van der Waals surface area contributed by atoms with Gasteiger partial charge in [0.15, 0.2) is 35.7 Å². The maximum Gasteiger partial charge on any atom is 0.190 e. The van der Waals surface area contributed by atoms with Gasteiger partial charge < -0.3 is 52.1 Å². The Balaban J connectivity index is 1.07. The Labute approximate surface area is 242 Å². The van der Waals surface area contributed by atoms with Gasteiger partial charge in [0.1, 0.15) is 48.8 Å². The maximum atomic E-state index is 6.88. The van der Waals surface area contributed by atoms with Crippen LogP contribution in [0.4, 0.5) is 0 Å². The summed E-state index contributed by atoms with van der Waals surface area (Å²) in [5.74, 6) is -2.70. The average molecular weight is 583 g/mol. The van der Waals surface area contributed by atoms with Gasteiger partial charge in [-0.15, -0.1) is 0 Å². The SMILES string of the molecule is CC1(C)OCC(C2OC3OC(C)(C)OC3C2OC2OC3COC4(CCCCC4)OC3C3OC4(CCCCC4)OC23)O1. The zero-order chi connectivity index (χ0) is 28.0. The van der Waals surface area contributed by atoms with E-state index in [1.54, 1.807) is 0 Å². The van der Waals surface area contributed by atoms with Gasteiger partial charge in [-0.1, -0.05) is 12.8 Å². The number of hydrogen-bond donors (Lipinski definition) is 0. The van der Waals surface area contributed by atoms with Crippen molar-refractivity contribution in [1.82, 2.24) is 0 Å². The van der Waals surface area contributed by atoms with Gasteiger partial charge in [-0.25, -0.2) is 0 Å². The fourth-order valence-electron chi connectivity index (χ4n) is 8.23. The minimum absolute atomic E-state index is 0.284. The van der Waals surface area contributed by atoms with E-state index in [1.807, 2.05) is 27.7 Å². The lowest BCUT2D eigenvalue weighted by atomic mass is 9.90. The van der Waals surface area contributed by atoms with Crippen LogP contribution in [-0.4, -0.2) is 97.8 Å². The van der Waals surface area contributed by atoms with Crippen molar-refractivity contribution in [1.29, 1.82) is 0 Å². The van der Waals surface area contributed by atoms with Gasteiger partial charge in [-0.2, -0.15) is 0 Å². The Kier molecular flexibility index (Phi) is 6.87. The van der Waals surface area contributed by atoms with E-state index >= 15 is 0 Å². The molecule has 0 aromatic rings. The molecule has 2 spiro atoms. The van der Waals surface area contributed by atoms with E-state index in [0.717, 1.165) is 51.4 Å². The smallest absolute Gasteiger partial charge is 0.190 e. The van der Waals surface area contributed by atoms with Gasteiger partial charge in [0.25, 0.3) is 0 Å². The fraction of sp³-hybridized carbons (Fsp3) is 1.00. The van der Waals surface area contributed by atoms with Crippen LogP contribution in [0.25, 0.3) is 0 Å². The summed E-state index contributed by atoms with van der Waals surface area (Å²) in [6, 6.07) is 0. The lowest BCUT2D eigenvalue weighted by molar-refractivity contribution is -0.391. The number of ether oxygens (including phenoxy) is 11. The Morgan fingerprint density at radius 2 is 1.17 bits per heavy atom. The molecule has 0 aromatic carbocycles. The quantitative estimate of drug-likeness (QED) is 0.487. The topological polar surface area (TPSA) is 102 Å². The molecule has 2 aliphatic carbocycles. The van der Waals surface area contributed by atoms with Crippen molar-refractivity contribution in [2.75, 3.05) is 13.2 Å². The predicted octanol–water partition coefficient (Wildman–Crippen LogP) is 3.64. The zero-order valence-corrected chi connectivity index (χ0v) is 24.7. The summed E-state index contributed by atoms with van der Waals surface area (Å²) in [5.41, 5.74) is 0. The van der Waals surface area contributed by atoms with Crippen LogP contribution in [0.1, 0.15) is 91.9 Å². The number of hydrogen-bond acceptors (Lipinski definition) is 11. The van der Waals surface area contributed by atoms with Crippen molar-refractivity contribution in [3.8, 4) is 0 Å². The minimum atomic E-state index is -0.798. The van der Waals surface area contributed by atoms with Crippen molar-refractivity contribution < 1.29 is 52.1 Å². The van der Waals surface area contributed by atoms with Crippen LogP contribution < -0.4 is 0 Å². The predicted molar refractivity (Wildman–Crippen MR) is 139 cm³/mol. The van der Waals surface area contributed by atoms with E-state index in [4.69, 9.17) is 52.1 Å². The molecule has 8 rings (SSSR count). The molecule has 10 unspecified atom stereocenters. The van der Waals surface area contributed by atoms with Crippen LogP contribution in [0.15, 0.2) is 0 Å². The van der Waals surface area contributed by atoms with E-state index in [1.165, 1.54) is 12.8 Å². The summed E-state index contributed by atoms with van der Waals surface area (Å²) >= 11 is 0. The molecule has 2 saturated carbocycles. The normalized spacial score (nSPS) is 49.2. The van der Waals surface area contributed by atoms with Gasteiger partial charge in [0.05, 0.1) is 13.2 Å². The van der Waals surface area contributed by atoms with Crippen molar-refractivity contribution in [2.45, 2.75) is 176 Å². The molecule has 0 aromatic heterocycles. The summed E-state index contributed by atoms with van der Waals surface area (Å²) in [4.78, 5) is 0. The molecule has 0 radical (unpaired) electrons. The number of fused-ring (bicyclic) bond motifs is 4. The maximum absolute atomic E-state index is 6.88. The van der Waals surface area contributed by atoms with Crippen molar-refractivity contribution in [2.24, 2.45) is 0 Å². The second kappa shape index (κ2) is 10.0. The molecule has 41 heavy (non-hydrogen) atoms. The monoisotopic (exact) mass is 582 g/mol. The third-order valence-electron chi connectivity index (χ3n) is 10.1. The molecular formula is C30H46O11. The summed E-state index contributed by atoms with van der Waals surface area (Å²) in [7, 11) is 0. The van der Waals surface area contributed by atoms with E-state index in [-0.39, 0.29) is 24.4 Å². The molecule has 11 nitrogen and oxygen atoms in total. The molecule has 0 N–H and O–H groups in total. The highest BCUT2D eigenvalue weighted by Crippen LogP contribution is 2.50. The molecule has 232 valence electrons. The summed E-state index contributed by atoms with van der Waals surface area (Å²) < 4.78 is 71.4. The molecule has 8 aliphatic rings. The second-order valence-electron chi connectivity index (χ2n) is 14.1. The van der Waals surface area contributed by atoms with Gasteiger partial charge in [-0.05, 0) is 53.4 Å². The zero-order valence-electron chi connectivity index (χ0n) is 24.7. The Hall–Kier alpha value is -0.440. The second-order valence-corrected chi connectivity index (χ2v) is 14.1. The summed E-state index contributed by atoms with van der Waals surface area (Å²) in [6.45, 7) is 8.39. The van der Waals surface area contributed by atoms with Crippen LogP contribution in [0.2, 0.25) is 0 Å². The Bertz CT molecular complexity index is 975. The molecular weight excluding hydrogens is 536 g/mol. The summed E-state index contributed by atoms with van der Waals surface area (Å²) in [5, 5.41) is 0. The van der Waals surface area contributed by atoms with Crippen LogP contribution in [0.3, 0.4) is 0 Å². The fourth-order valence-corrected chi connectivity index (χ4v) is 8.23. The van der Waals surface area contributed by atoms with Crippen LogP contribution in [-0.2, 0) is 52.1 Å². The molecule has 6 aliphatic heterocycles. The third kappa shape index (κ3) is 5.01. The first-order valence-electron chi connectivity index (χ1n) is 15.9. The Morgan fingerprint density at radius 1 is 0.512 bits per heavy atom. The molecule has 6 saturated heterocycles. The average Bonchev–Trinajstić information content (AvgIpc) is 3.65. The highest BCUT2D eigenvalue weighted by atomic mass is 16.9. The van der Waals surface area contributed by atoms with E-state index in [0.29, 0.717) is 13.2 Å². The Morgan fingerprint density at radius 3 is 1.88 bits per heavy atom. The van der Waals surface area contributed by atoms with Crippen LogP contribution in [0.5, 0.6) is 0 Å². The van der Waals surface area contributed by atoms with Gasteiger partial charge in [-0.3, -0.25) is 0 Å². The largest absolute Gasteiger partial charge is 0.348 e. The van der Waals surface area contributed by atoms with Crippen molar-refractivity contribution in [3.05, 3.63) is 0 Å². The van der Waals surface area contributed by atoms with Gasteiger partial charge in [0, 0.05) is 25.7 Å². The highest BCUT2D eigenvalue weighted by molar-refractivity contribution is 5.04. The van der Waals surface area contributed by atoms with Gasteiger partial charge >= 0.3 is 0 Å². The van der Waals surface area contributed by atoms with E-state index in [9.17, 15) is 0 Å². The lowest BCUT2D eigenvalue weighted by Gasteiger charge is -2.51.